The minimum absolute atomic E-state index is 0.133. The summed E-state index contributed by atoms with van der Waals surface area (Å²) in [5, 5.41) is 3.45. The van der Waals surface area contributed by atoms with Gasteiger partial charge in [0.05, 0.1) is 18.8 Å². The van der Waals surface area contributed by atoms with E-state index in [1.165, 1.54) is 0 Å². The highest BCUT2D eigenvalue weighted by molar-refractivity contribution is 6.29. The molecule has 1 saturated carbocycles. The van der Waals surface area contributed by atoms with Crippen molar-refractivity contribution < 1.29 is 14.3 Å². The standard InChI is InChI=1S/C14H15ClN2O3/c15-10-2-1-9-11(16-10)12(18)17-13(9)3-5-14(6-4-13)19-7-8-20-14/h1-2H,3-8H2,(H,17,18). The Morgan fingerprint density at radius 2 is 1.85 bits per heavy atom. The SMILES string of the molecule is O=C1NC2(CCC3(CC2)OCCO3)c2ccc(Cl)nc21. The summed E-state index contributed by atoms with van der Waals surface area (Å²) < 4.78 is 11.5. The number of carbonyl (C=O) groups excluding carboxylic acids is 1. The molecule has 0 aromatic carbocycles. The van der Waals surface area contributed by atoms with Crippen molar-refractivity contribution in [1.82, 2.24) is 10.3 Å². The Morgan fingerprint density at radius 1 is 1.15 bits per heavy atom. The molecule has 4 rings (SSSR count). The zero-order chi connectivity index (χ0) is 13.8. The van der Waals surface area contributed by atoms with Crippen LogP contribution in [0.15, 0.2) is 12.1 Å². The third-order valence-corrected chi connectivity index (χ3v) is 4.83. The molecule has 0 bridgehead atoms. The Labute approximate surface area is 121 Å². The molecular formula is C14H15ClN2O3. The van der Waals surface area contributed by atoms with E-state index < -0.39 is 5.79 Å². The summed E-state index contributed by atoms with van der Waals surface area (Å²) in [6.07, 6.45) is 3.18. The second-order valence-electron chi connectivity index (χ2n) is 5.67. The van der Waals surface area contributed by atoms with Crippen molar-refractivity contribution >= 4 is 17.5 Å². The Balaban J connectivity index is 1.66. The Morgan fingerprint density at radius 3 is 2.55 bits per heavy atom. The minimum atomic E-state index is -0.432. The number of halogens is 1. The third-order valence-electron chi connectivity index (χ3n) is 4.62. The van der Waals surface area contributed by atoms with Gasteiger partial charge >= 0.3 is 0 Å². The van der Waals surface area contributed by atoms with Crippen molar-refractivity contribution in [2.75, 3.05) is 13.2 Å². The largest absolute Gasteiger partial charge is 0.348 e. The van der Waals surface area contributed by atoms with Crippen molar-refractivity contribution in [2.45, 2.75) is 37.0 Å². The predicted molar refractivity (Wildman–Crippen MR) is 71.5 cm³/mol. The number of ether oxygens (including phenoxy) is 2. The summed E-state index contributed by atoms with van der Waals surface area (Å²) in [7, 11) is 0. The average Bonchev–Trinajstić information content (AvgIpc) is 2.99. The number of nitrogens with zero attached hydrogens (tertiary/aromatic N) is 1. The van der Waals surface area contributed by atoms with Crippen LogP contribution in [0.3, 0.4) is 0 Å². The summed E-state index contributed by atoms with van der Waals surface area (Å²) in [6.45, 7) is 1.32. The molecule has 106 valence electrons. The van der Waals surface area contributed by atoms with Crippen molar-refractivity contribution in [3.63, 3.8) is 0 Å². The van der Waals surface area contributed by atoms with Gasteiger partial charge in [0.1, 0.15) is 10.8 Å². The zero-order valence-electron chi connectivity index (χ0n) is 10.9. The molecule has 2 fully saturated rings. The van der Waals surface area contributed by atoms with Crippen molar-refractivity contribution in [3.05, 3.63) is 28.5 Å². The number of hydrogen-bond donors (Lipinski definition) is 1. The molecule has 1 aromatic heterocycles. The smallest absolute Gasteiger partial charge is 0.271 e. The van der Waals surface area contributed by atoms with Crippen LogP contribution in [0.2, 0.25) is 5.15 Å². The van der Waals surface area contributed by atoms with Crippen molar-refractivity contribution in [3.8, 4) is 0 Å². The van der Waals surface area contributed by atoms with E-state index in [0.29, 0.717) is 24.1 Å². The molecule has 1 amide bonds. The van der Waals surface area contributed by atoms with Gasteiger partial charge in [-0.25, -0.2) is 4.98 Å². The van der Waals surface area contributed by atoms with Crippen LogP contribution in [0.25, 0.3) is 0 Å². The van der Waals surface area contributed by atoms with Crippen molar-refractivity contribution in [1.29, 1.82) is 0 Å². The fourth-order valence-corrected chi connectivity index (χ4v) is 3.72. The molecule has 5 nitrogen and oxygen atoms in total. The van der Waals surface area contributed by atoms with Gasteiger partial charge in [0, 0.05) is 18.4 Å². The highest BCUT2D eigenvalue weighted by atomic mass is 35.5. The lowest BCUT2D eigenvalue weighted by Gasteiger charge is -2.41. The van der Waals surface area contributed by atoms with Crippen LogP contribution in [0, 0.1) is 0 Å². The van der Waals surface area contributed by atoms with E-state index in [1.807, 2.05) is 6.07 Å². The number of aromatic nitrogens is 1. The van der Waals surface area contributed by atoms with Crippen LogP contribution in [0.4, 0.5) is 0 Å². The van der Waals surface area contributed by atoms with Gasteiger partial charge in [-0.05, 0) is 18.9 Å². The Bertz CT molecular complexity index is 574. The van der Waals surface area contributed by atoms with E-state index >= 15 is 0 Å². The molecule has 1 aromatic rings. The monoisotopic (exact) mass is 294 g/mol. The number of hydrogen-bond acceptors (Lipinski definition) is 4. The van der Waals surface area contributed by atoms with Crippen molar-refractivity contribution in [2.24, 2.45) is 0 Å². The molecule has 1 saturated heterocycles. The normalized spacial score (nSPS) is 25.9. The lowest BCUT2D eigenvalue weighted by molar-refractivity contribution is -0.186. The van der Waals surface area contributed by atoms with Gasteiger partial charge in [0.25, 0.3) is 5.91 Å². The summed E-state index contributed by atoms with van der Waals surface area (Å²) in [6, 6.07) is 3.66. The molecular weight excluding hydrogens is 280 g/mol. The highest BCUT2D eigenvalue weighted by Crippen LogP contribution is 2.47. The van der Waals surface area contributed by atoms with Crippen LogP contribution in [0.5, 0.6) is 0 Å². The van der Waals surface area contributed by atoms with E-state index in [9.17, 15) is 4.79 Å². The highest BCUT2D eigenvalue weighted by Gasteiger charge is 2.51. The molecule has 0 atom stereocenters. The van der Waals surface area contributed by atoms with E-state index in [-0.39, 0.29) is 11.4 Å². The van der Waals surface area contributed by atoms with Crippen LogP contribution in [-0.4, -0.2) is 29.9 Å². The predicted octanol–water partition coefficient (Wildman–Crippen LogP) is 1.99. The summed E-state index contributed by atoms with van der Waals surface area (Å²) in [5.74, 6) is -0.565. The quantitative estimate of drug-likeness (QED) is 0.744. The van der Waals surface area contributed by atoms with Gasteiger partial charge in [-0.15, -0.1) is 0 Å². The molecule has 1 N–H and O–H groups in total. The number of fused-ring (bicyclic) bond motifs is 2. The van der Waals surface area contributed by atoms with E-state index in [1.54, 1.807) is 6.07 Å². The molecule has 0 unspecified atom stereocenters. The molecule has 3 heterocycles. The first-order chi connectivity index (χ1) is 9.63. The van der Waals surface area contributed by atoms with Crippen LogP contribution in [-0.2, 0) is 15.0 Å². The van der Waals surface area contributed by atoms with Crippen LogP contribution < -0.4 is 5.32 Å². The molecule has 2 spiro atoms. The first kappa shape index (κ1) is 12.6. The van der Waals surface area contributed by atoms with Gasteiger partial charge in [-0.2, -0.15) is 0 Å². The fraction of sp³-hybridized carbons (Fsp3) is 0.571. The Kier molecular flexibility index (Phi) is 2.61. The average molecular weight is 295 g/mol. The summed E-state index contributed by atoms with van der Waals surface area (Å²) in [4.78, 5) is 16.3. The summed E-state index contributed by atoms with van der Waals surface area (Å²) >= 11 is 5.88. The minimum Gasteiger partial charge on any atom is -0.348 e. The van der Waals surface area contributed by atoms with Gasteiger partial charge in [0.15, 0.2) is 5.79 Å². The number of pyridine rings is 1. The lowest BCUT2D eigenvalue weighted by Crippen LogP contribution is -2.48. The molecule has 6 heteroatoms. The topological polar surface area (TPSA) is 60.5 Å². The van der Waals surface area contributed by atoms with Gasteiger partial charge in [0.2, 0.25) is 0 Å². The second-order valence-corrected chi connectivity index (χ2v) is 6.06. The molecule has 20 heavy (non-hydrogen) atoms. The fourth-order valence-electron chi connectivity index (χ4n) is 3.58. The molecule has 0 radical (unpaired) electrons. The van der Waals surface area contributed by atoms with E-state index in [0.717, 1.165) is 31.2 Å². The molecule has 1 aliphatic carbocycles. The maximum atomic E-state index is 12.1. The van der Waals surface area contributed by atoms with Gasteiger partial charge < -0.3 is 14.8 Å². The van der Waals surface area contributed by atoms with Crippen LogP contribution >= 0.6 is 11.6 Å². The Hall–Kier alpha value is -1.17. The number of amides is 1. The van der Waals surface area contributed by atoms with Gasteiger partial charge in [-0.1, -0.05) is 17.7 Å². The first-order valence-electron chi connectivity index (χ1n) is 6.90. The number of nitrogens with one attached hydrogen (secondary N) is 1. The van der Waals surface area contributed by atoms with E-state index in [4.69, 9.17) is 21.1 Å². The number of carbonyl (C=O) groups is 1. The first-order valence-corrected chi connectivity index (χ1v) is 7.28. The third kappa shape index (κ3) is 1.70. The van der Waals surface area contributed by atoms with Gasteiger partial charge in [-0.3, -0.25) is 4.79 Å². The summed E-state index contributed by atoms with van der Waals surface area (Å²) in [5.41, 5.74) is 1.09. The maximum absolute atomic E-state index is 12.1. The lowest BCUT2D eigenvalue weighted by atomic mass is 9.75. The van der Waals surface area contributed by atoms with Crippen LogP contribution in [0.1, 0.15) is 41.7 Å². The maximum Gasteiger partial charge on any atom is 0.271 e. The van der Waals surface area contributed by atoms with E-state index in [2.05, 4.69) is 10.3 Å². The zero-order valence-corrected chi connectivity index (χ0v) is 11.7. The molecule has 2 aliphatic heterocycles. The number of rotatable bonds is 0. The second kappa shape index (κ2) is 4.16. The molecule has 3 aliphatic rings.